The maximum atomic E-state index is 12.2. The highest BCUT2D eigenvalue weighted by Crippen LogP contribution is 2.11. The van der Waals surface area contributed by atoms with Gasteiger partial charge in [-0.1, -0.05) is 25.5 Å². The minimum Gasteiger partial charge on any atom is -0.314 e. The van der Waals surface area contributed by atoms with E-state index in [1.54, 1.807) is 12.1 Å². The Morgan fingerprint density at radius 1 is 1.19 bits per heavy atom. The molecule has 2 rings (SSSR count). The molecule has 0 aromatic heterocycles. The molecule has 0 amide bonds. The van der Waals surface area contributed by atoms with E-state index in [2.05, 4.69) is 21.9 Å². The summed E-state index contributed by atoms with van der Waals surface area (Å²) in [5.41, 5.74) is 1.18. The Kier molecular flexibility index (Phi) is 6.17. The van der Waals surface area contributed by atoms with Crippen molar-refractivity contribution in [2.45, 2.75) is 24.7 Å². The Morgan fingerprint density at radius 2 is 1.86 bits per heavy atom. The van der Waals surface area contributed by atoms with Crippen LogP contribution in [0.1, 0.15) is 18.9 Å². The number of hydrogen-bond donors (Lipinski definition) is 2. The van der Waals surface area contributed by atoms with Crippen LogP contribution in [0.2, 0.25) is 0 Å². The first-order valence-corrected chi connectivity index (χ1v) is 9.12. The second kappa shape index (κ2) is 7.89. The van der Waals surface area contributed by atoms with E-state index in [0.717, 1.165) is 45.6 Å². The monoisotopic (exact) mass is 311 g/mol. The first-order valence-electron chi connectivity index (χ1n) is 7.63. The SMILES string of the molecule is CCCc1ccc(S(=O)(=O)NCCN2CCNCC2)cc1. The highest BCUT2D eigenvalue weighted by atomic mass is 32.2. The van der Waals surface area contributed by atoms with Gasteiger partial charge >= 0.3 is 0 Å². The number of rotatable bonds is 7. The van der Waals surface area contributed by atoms with Crippen LogP contribution >= 0.6 is 0 Å². The molecule has 2 N–H and O–H groups in total. The van der Waals surface area contributed by atoms with Gasteiger partial charge in [-0.15, -0.1) is 0 Å². The third-order valence-electron chi connectivity index (χ3n) is 3.70. The number of hydrogen-bond acceptors (Lipinski definition) is 4. The van der Waals surface area contributed by atoms with Crippen LogP contribution in [0.15, 0.2) is 29.2 Å². The largest absolute Gasteiger partial charge is 0.314 e. The van der Waals surface area contributed by atoms with E-state index in [4.69, 9.17) is 0 Å². The van der Waals surface area contributed by atoms with Gasteiger partial charge in [0.25, 0.3) is 0 Å². The van der Waals surface area contributed by atoms with E-state index in [1.165, 1.54) is 5.56 Å². The van der Waals surface area contributed by atoms with Gasteiger partial charge in [0.1, 0.15) is 0 Å². The predicted molar refractivity (Wildman–Crippen MR) is 84.9 cm³/mol. The zero-order valence-electron chi connectivity index (χ0n) is 12.6. The molecular formula is C15H25N3O2S. The lowest BCUT2D eigenvalue weighted by atomic mass is 10.1. The van der Waals surface area contributed by atoms with E-state index in [9.17, 15) is 8.42 Å². The van der Waals surface area contributed by atoms with E-state index < -0.39 is 10.0 Å². The Morgan fingerprint density at radius 3 is 2.48 bits per heavy atom. The number of piperazine rings is 1. The zero-order chi connectivity index (χ0) is 15.1. The van der Waals surface area contributed by atoms with Gasteiger partial charge in [0, 0.05) is 39.3 Å². The van der Waals surface area contributed by atoms with Crippen LogP contribution in [-0.4, -0.2) is 52.6 Å². The summed E-state index contributed by atoms with van der Waals surface area (Å²) in [6.07, 6.45) is 2.05. The topological polar surface area (TPSA) is 61.4 Å². The summed E-state index contributed by atoms with van der Waals surface area (Å²) < 4.78 is 27.1. The standard InChI is InChI=1S/C15H25N3O2S/c1-2-3-14-4-6-15(7-5-14)21(19,20)17-10-13-18-11-8-16-9-12-18/h4-7,16-17H,2-3,8-13H2,1H3. The molecule has 1 aromatic carbocycles. The van der Waals surface area contributed by atoms with Gasteiger partial charge in [-0.3, -0.25) is 4.90 Å². The predicted octanol–water partition coefficient (Wildman–Crippen LogP) is 0.823. The van der Waals surface area contributed by atoms with Gasteiger partial charge in [0.2, 0.25) is 10.0 Å². The first-order chi connectivity index (χ1) is 10.1. The quantitative estimate of drug-likeness (QED) is 0.783. The number of sulfonamides is 1. The minimum atomic E-state index is -3.39. The molecule has 0 bridgehead atoms. The van der Waals surface area contributed by atoms with E-state index in [0.29, 0.717) is 11.4 Å². The summed E-state index contributed by atoms with van der Waals surface area (Å²) in [5, 5.41) is 3.28. The Hall–Kier alpha value is -0.950. The molecule has 1 heterocycles. The summed E-state index contributed by atoms with van der Waals surface area (Å²) in [5.74, 6) is 0. The molecule has 1 aromatic rings. The average molecular weight is 311 g/mol. The Labute approximate surface area is 127 Å². The lowest BCUT2D eigenvalue weighted by Gasteiger charge is -2.27. The van der Waals surface area contributed by atoms with Crippen molar-refractivity contribution in [2.24, 2.45) is 0 Å². The van der Waals surface area contributed by atoms with Gasteiger partial charge in [-0.25, -0.2) is 13.1 Å². The van der Waals surface area contributed by atoms with Crippen LogP contribution < -0.4 is 10.0 Å². The van der Waals surface area contributed by atoms with Crippen LogP contribution in [0.3, 0.4) is 0 Å². The van der Waals surface area contributed by atoms with Crippen LogP contribution in [0, 0.1) is 0 Å². The smallest absolute Gasteiger partial charge is 0.240 e. The molecule has 1 aliphatic rings. The van der Waals surface area contributed by atoms with Gasteiger partial charge in [-0.2, -0.15) is 0 Å². The molecule has 118 valence electrons. The highest BCUT2D eigenvalue weighted by Gasteiger charge is 2.15. The molecule has 1 saturated heterocycles. The Balaban J connectivity index is 1.85. The lowest BCUT2D eigenvalue weighted by Crippen LogP contribution is -2.46. The fourth-order valence-electron chi connectivity index (χ4n) is 2.48. The molecule has 1 aliphatic heterocycles. The molecule has 0 radical (unpaired) electrons. The van der Waals surface area contributed by atoms with Crippen molar-refractivity contribution in [3.8, 4) is 0 Å². The van der Waals surface area contributed by atoms with Gasteiger partial charge in [0.05, 0.1) is 4.90 Å². The molecule has 6 heteroatoms. The van der Waals surface area contributed by atoms with Crippen LogP contribution in [-0.2, 0) is 16.4 Å². The van der Waals surface area contributed by atoms with E-state index in [1.807, 2.05) is 12.1 Å². The first kappa shape index (κ1) is 16.4. The van der Waals surface area contributed by atoms with E-state index in [-0.39, 0.29) is 0 Å². The number of benzene rings is 1. The molecule has 5 nitrogen and oxygen atoms in total. The number of nitrogens with zero attached hydrogens (tertiary/aromatic N) is 1. The molecule has 0 atom stereocenters. The fraction of sp³-hybridized carbons (Fsp3) is 0.600. The molecular weight excluding hydrogens is 286 g/mol. The molecule has 0 aliphatic carbocycles. The molecule has 0 spiro atoms. The van der Waals surface area contributed by atoms with Crippen molar-refractivity contribution in [1.82, 2.24) is 14.9 Å². The second-order valence-corrected chi connectivity index (χ2v) is 7.15. The van der Waals surface area contributed by atoms with Crippen molar-refractivity contribution in [3.63, 3.8) is 0 Å². The van der Waals surface area contributed by atoms with Crippen LogP contribution in [0.4, 0.5) is 0 Å². The summed E-state index contributed by atoms with van der Waals surface area (Å²) >= 11 is 0. The zero-order valence-corrected chi connectivity index (χ0v) is 13.5. The maximum Gasteiger partial charge on any atom is 0.240 e. The van der Waals surface area contributed by atoms with Crippen molar-refractivity contribution in [2.75, 3.05) is 39.3 Å². The van der Waals surface area contributed by atoms with Crippen molar-refractivity contribution in [1.29, 1.82) is 0 Å². The van der Waals surface area contributed by atoms with Crippen molar-refractivity contribution < 1.29 is 8.42 Å². The fourth-order valence-corrected chi connectivity index (χ4v) is 3.50. The second-order valence-electron chi connectivity index (χ2n) is 5.38. The Bertz CT molecular complexity index is 522. The molecule has 1 fully saturated rings. The third kappa shape index (κ3) is 5.07. The normalized spacial score (nSPS) is 17.0. The number of nitrogens with one attached hydrogen (secondary N) is 2. The summed E-state index contributed by atoms with van der Waals surface area (Å²) in [6, 6.07) is 7.18. The van der Waals surface area contributed by atoms with Crippen LogP contribution in [0.25, 0.3) is 0 Å². The van der Waals surface area contributed by atoms with Gasteiger partial charge in [-0.05, 0) is 24.1 Å². The minimum absolute atomic E-state index is 0.350. The highest BCUT2D eigenvalue weighted by molar-refractivity contribution is 7.89. The van der Waals surface area contributed by atoms with Gasteiger partial charge in [0.15, 0.2) is 0 Å². The van der Waals surface area contributed by atoms with Crippen LogP contribution in [0.5, 0.6) is 0 Å². The average Bonchev–Trinajstić information content (AvgIpc) is 2.49. The maximum absolute atomic E-state index is 12.2. The molecule has 0 unspecified atom stereocenters. The molecule has 21 heavy (non-hydrogen) atoms. The van der Waals surface area contributed by atoms with E-state index >= 15 is 0 Å². The third-order valence-corrected chi connectivity index (χ3v) is 5.18. The summed E-state index contributed by atoms with van der Waals surface area (Å²) in [4.78, 5) is 2.62. The summed E-state index contributed by atoms with van der Waals surface area (Å²) in [6.45, 7) is 7.24. The van der Waals surface area contributed by atoms with Gasteiger partial charge < -0.3 is 5.32 Å². The van der Waals surface area contributed by atoms with Crippen molar-refractivity contribution >= 4 is 10.0 Å². The van der Waals surface area contributed by atoms with Crippen molar-refractivity contribution in [3.05, 3.63) is 29.8 Å². The summed E-state index contributed by atoms with van der Waals surface area (Å²) in [7, 11) is -3.39. The lowest BCUT2D eigenvalue weighted by molar-refractivity contribution is 0.245. The number of aryl methyl sites for hydroxylation is 1. The molecule has 0 saturated carbocycles.